The Bertz CT molecular complexity index is 935. The molecule has 1 aliphatic heterocycles. The zero-order valence-electron chi connectivity index (χ0n) is 14.5. The minimum Gasteiger partial charge on any atom is -0.482 e. The smallest absolute Gasteiger partial charge is 0.261 e. The Morgan fingerprint density at radius 3 is 2.56 bits per heavy atom. The molecule has 1 heterocycles. The van der Waals surface area contributed by atoms with E-state index in [1.54, 1.807) is 42.5 Å². The number of halogens is 2. The number of hydrogen-bond acceptors (Lipinski definition) is 4. The largest absolute Gasteiger partial charge is 0.482 e. The number of sulfone groups is 1. The van der Waals surface area contributed by atoms with Gasteiger partial charge in [0, 0.05) is 18.2 Å². The molecule has 3 rings (SSSR count). The SMILES string of the molecule is O=C(COc1ccccc1Cl)N(Cc1ccccc1F)[C@@H]1CCS(=O)(=O)C1. The van der Waals surface area contributed by atoms with E-state index in [-0.39, 0.29) is 24.7 Å². The summed E-state index contributed by atoms with van der Waals surface area (Å²) in [6.45, 7) is -0.327. The standard InChI is InChI=1S/C19H19ClFNO4S/c20-16-6-2-4-8-18(16)26-12-19(23)22(15-9-10-27(24,25)13-15)11-14-5-1-3-7-17(14)21/h1-8,15H,9-13H2/t15-/m1/s1. The van der Waals surface area contributed by atoms with Gasteiger partial charge in [-0.25, -0.2) is 12.8 Å². The van der Waals surface area contributed by atoms with Crippen LogP contribution in [-0.2, 0) is 21.2 Å². The first-order valence-electron chi connectivity index (χ1n) is 8.46. The highest BCUT2D eigenvalue weighted by atomic mass is 35.5. The van der Waals surface area contributed by atoms with Gasteiger partial charge in [0.05, 0.1) is 16.5 Å². The van der Waals surface area contributed by atoms with Crippen LogP contribution in [0.15, 0.2) is 48.5 Å². The zero-order chi connectivity index (χ0) is 19.4. The summed E-state index contributed by atoms with van der Waals surface area (Å²) in [4.78, 5) is 14.2. The second kappa shape index (κ2) is 8.27. The van der Waals surface area contributed by atoms with Gasteiger partial charge in [0.2, 0.25) is 0 Å². The van der Waals surface area contributed by atoms with Crippen molar-refractivity contribution >= 4 is 27.3 Å². The van der Waals surface area contributed by atoms with Crippen LogP contribution in [0.2, 0.25) is 5.02 Å². The maximum absolute atomic E-state index is 14.1. The maximum Gasteiger partial charge on any atom is 0.261 e. The van der Waals surface area contributed by atoms with Crippen LogP contribution in [-0.4, -0.2) is 43.4 Å². The minimum absolute atomic E-state index is 0.0163. The predicted octanol–water partition coefficient (Wildman–Crippen LogP) is 3.07. The van der Waals surface area contributed by atoms with Crippen molar-refractivity contribution in [1.82, 2.24) is 4.90 Å². The first-order chi connectivity index (χ1) is 12.9. The van der Waals surface area contributed by atoms with Crippen LogP contribution in [0.4, 0.5) is 4.39 Å². The molecule has 5 nitrogen and oxygen atoms in total. The van der Waals surface area contributed by atoms with Crippen LogP contribution in [0.3, 0.4) is 0 Å². The molecule has 0 saturated carbocycles. The predicted molar refractivity (Wildman–Crippen MR) is 101 cm³/mol. The van der Waals surface area contributed by atoms with Crippen molar-refractivity contribution in [2.75, 3.05) is 18.1 Å². The summed E-state index contributed by atoms with van der Waals surface area (Å²) in [7, 11) is -3.20. The fourth-order valence-electron chi connectivity index (χ4n) is 3.04. The molecule has 0 bridgehead atoms. The van der Waals surface area contributed by atoms with E-state index in [9.17, 15) is 17.6 Å². The van der Waals surface area contributed by atoms with Gasteiger partial charge in [0.1, 0.15) is 11.6 Å². The molecule has 1 saturated heterocycles. The number of para-hydroxylation sites is 1. The molecule has 0 aliphatic carbocycles. The van der Waals surface area contributed by atoms with Gasteiger partial charge in [-0.1, -0.05) is 41.9 Å². The molecular formula is C19H19ClFNO4S. The summed E-state index contributed by atoms with van der Waals surface area (Å²) in [6.07, 6.45) is 0.328. The van der Waals surface area contributed by atoms with Crippen LogP contribution < -0.4 is 4.74 Å². The highest BCUT2D eigenvalue weighted by Crippen LogP contribution is 2.24. The minimum atomic E-state index is -3.20. The summed E-state index contributed by atoms with van der Waals surface area (Å²) in [5, 5.41) is 0.370. The molecule has 2 aromatic carbocycles. The molecule has 1 atom stereocenters. The topological polar surface area (TPSA) is 63.7 Å². The number of hydrogen-bond donors (Lipinski definition) is 0. The Morgan fingerprint density at radius 2 is 1.89 bits per heavy atom. The van der Waals surface area contributed by atoms with Gasteiger partial charge in [0.25, 0.3) is 5.91 Å². The summed E-state index contributed by atoms with van der Waals surface area (Å²) < 4.78 is 43.2. The fourth-order valence-corrected chi connectivity index (χ4v) is 4.96. The van der Waals surface area contributed by atoms with Crippen LogP contribution in [0, 0.1) is 5.82 Å². The first kappa shape index (κ1) is 19.6. The molecule has 0 unspecified atom stereocenters. The number of ether oxygens (including phenoxy) is 1. The van der Waals surface area contributed by atoms with Gasteiger partial charge in [-0.2, -0.15) is 0 Å². The number of carbonyl (C=O) groups is 1. The third-order valence-corrected chi connectivity index (χ3v) is 6.52. The van der Waals surface area contributed by atoms with E-state index < -0.39 is 27.6 Å². The number of carbonyl (C=O) groups excluding carboxylic acids is 1. The zero-order valence-corrected chi connectivity index (χ0v) is 16.0. The summed E-state index contributed by atoms with van der Waals surface area (Å²) in [6, 6.07) is 12.4. The normalized spacial score (nSPS) is 18.2. The molecule has 1 fully saturated rings. The Morgan fingerprint density at radius 1 is 1.19 bits per heavy atom. The van der Waals surface area contributed by atoms with Gasteiger partial charge < -0.3 is 9.64 Å². The van der Waals surface area contributed by atoms with Gasteiger partial charge in [-0.15, -0.1) is 0 Å². The lowest BCUT2D eigenvalue weighted by Gasteiger charge is -2.28. The molecule has 8 heteroatoms. The van der Waals surface area contributed by atoms with Crippen molar-refractivity contribution in [3.8, 4) is 5.75 Å². The summed E-state index contributed by atoms with van der Waals surface area (Å²) in [5.41, 5.74) is 0.327. The van der Waals surface area contributed by atoms with Crippen LogP contribution >= 0.6 is 11.6 Å². The van der Waals surface area contributed by atoms with E-state index in [2.05, 4.69) is 0 Å². The van der Waals surface area contributed by atoms with Crippen molar-refractivity contribution in [1.29, 1.82) is 0 Å². The molecule has 2 aromatic rings. The number of amides is 1. The second-order valence-corrected chi connectivity index (χ2v) is 9.02. The van der Waals surface area contributed by atoms with Crippen molar-refractivity contribution in [2.45, 2.75) is 19.0 Å². The van der Waals surface area contributed by atoms with E-state index in [4.69, 9.17) is 16.3 Å². The molecule has 0 radical (unpaired) electrons. The fraction of sp³-hybridized carbons (Fsp3) is 0.316. The molecule has 1 amide bonds. The number of rotatable bonds is 6. The van der Waals surface area contributed by atoms with E-state index in [1.165, 1.54) is 11.0 Å². The molecular weight excluding hydrogens is 393 g/mol. The van der Waals surface area contributed by atoms with Crippen molar-refractivity contribution < 1.29 is 22.3 Å². The van der Waals surface area contributed by atoms with Gasteiger partial charge >= 0.3 is 0 Å². The molecule has 0 N–H and O–H groups in total. The van der Waals surface area contributed by atoms with Crippen molar-refractivity contribution in [3.63, 3.8) is 0 Å². The Kier molecular flexibility index (Phi) is 6.01. The van der Waals surface area contributed by atoms with E-state index in [0.717, 1.165) is 0 Å². The Hall–Kier alpha value is -2.12. The highest BCUT2D eigenvalue weighted by molar-refractivity contribution is 7.91. The van der Waals surface area contributed by atoms with E-state index >= 15 is 0 Å². The molecule has 27 heavy (non-hydrogen) atoms. The molecule has 0 aromatic heterocycles. The van der Waals surface area contributed by atoms with Crippen LogP contribution in [0.1, 0.15) is 12.0 Å². The molecule has 144 valence electrons. The molecule has 1 aliphatic rings. The average molecular weight is 412 g/mol. The van der Waals surface area contributed by atoms with E-state index in [0.29, 0.717) is 22.8 Å². The van der Waals surface area contributed by atoms with E-state index in [1.807, 2.05) is 0 Å². The maximum atomic E-state index is 14.1. The summed E-state index contributed by atoms with van der Waals surface area (Å²) in [5.74, 6) is -0.607. The summed E-state index contributed by atoms with van der Waals surface area (Å²) >= 11 is 6.02. The van der Waals surface area contributed by atoms with Crippen LogP contribution in [0.5, 0.6) is 5.75 Å². The Labute approximate surface area is 162 Å². The Balaban J connectivity index is 1.77. The lowest BCUT2D eigenvalue weighted by molar-refractivity contribution is -0.136. The van der Waals surface area contributed by atoms with Gasteiger partial charge in [-0.05, 0) is 24.6 Å². The van der Waals surface area contributed by atoms with Crippen molar-refractivity contribution in [3.05, 3.63) is 64.9 Å². The third-order valence-electron chi connectivity index (χ3n) is 4.46. The lowest BCUT2D eigenvalue weighted by atomic mass is 10.1. The monoisotopic (exact) mass is 411 g/mol. The quantitative estimate of drug-likeness (QED) is 0.732. The van der Waals surface area contributed by atoms with Gasteiger partial charge in [0.15, 0.2) is 16.4 Å². The second-order valence-electron chi connectivity index (χ2n) is 6.39. The van der Waals surface area contributed by atoms with Crippen LogP contribution in [0.25, 0.3) is 0 Å². The molecule has 0 spiro atoms. The van der Waals surface area contributed by atoms with Crippen molar-refractivity contribution in [2.24, 2.45) is 0 Å². The highest BCUT2D eigenvalue weighted by Gasteiger charge is 2.35. The average Bonchev–Trinajstić information content (AvgIpc) is 2.99. The van der Waals surface area contributed by atoms with Gasteiger partial charge in [-0.3, -0.25) is 4.79 Å². The first-order valence-corrected chi connectivity index (χ1v) is 10.7. The third kappa shape index (κ3) is 4.99. The number of nitrogens with zero attached hydrogens (tertiary/aromatic N) is 1. The lowest BCUT2D eigenvalue weighted by Crippen LogP contribution is -2.43. The number of benzene rings is 2.